The van der Waals surface area contributed by atoms with E-state index in [4.69, 9.17) is 14.8 Å². The summed E-state index contributed by atoms with van der Waals surface area (Å²) in [6, 6.07) is 15.1. The molecular formula is C27H30N6O2S. The topological polar surface area (TPSA) is 96.9 Å². The van der Waals surface area contributed by atoms with Crippen molar-refractivity contribution >= 4 is 40.2 Å². The maximum Gasteiger partial charge on any atom is 0.255 e. The van der Waals surface area contributed by atoms with Gasteiger partial charge in [0.15, 0.2) is 0 Å². The number of unbranched alkanes of at least 4 members (excludes halogenated alkanes) is 1. The van der Waals surface area contributed by atoms with E-state index >= 15 is 0 Å². The molecule has 4 aromatic rings. The fraction of sp³-hybridized carbons (Fsp3) is 0.296. The van der Waals surface area contributed by atoms with E-state index in [9.17, 15) is 4.79 Å². The fourth-order valence-electron chi connectivity index (χ4n) is 4.44. The number of anilines is 2. The van der Waals surface area contributed by atoms with Crippen molar-refractivity contribution in [3.05, 3.63) is 71.6 Å². The molecule has 1 amide bonds. The Hall–Kier alpha value is -3.72. The molecule has 1 aliphatic heterocycles. The Morgan fingerprint density at radius 3 is 2.81 bits per heavy atom. The van der Waals surface area contributed by atoms with Crippen molar-refractivity contribution in [1.82, 2.24) is 19.7 Å². The number of hydrogen-bond donors (Lipinski definition) is 3. The van der Waals surface area contributed by atoms with Crippen LogP contribution >= 0.6 is 11.8 Å². The average Bonchev–Trinajstić information content (AvgIpc) is 3.48. The maximum absolute atomic E-state index is 13.9. The summed E-state index contributed by atoms with van der Waals surface area (Å²) < 4.78 is 7.57. The van der Waals surface area contributed by atoms with Gasteiger partial charge in [0.05, 0.1) is 17.9 Å². The van der Waals surface area contributed by atoms with Crippen molar-refractivity contribution in [2.45, 2.75) is 44.8 Å². The van der Waals surface area contributed by atoms with Gasteiger partial charge in [-0.2, -0.15) is 4.98 Å². The molecule has 0 spiro atoms. The van der Waals surface area contributed by atoms with Gasteiger partial charge in [-0.1, -0.05) is 55.4 Å². The fourth-order valence-corrected chi connectivity index (χ4v) is 5.36. The maximum atomic E-state index is 13.9. The van der Waals surface area contributed by atoms with E-state index in [0.717, 1.165) is 40.8 Å². The molecule has 0 aliphatic carbocycles. The Labute approximate surface area is 214 Å². The molecule has 0 saturated heterocycles. The molecule has 0 bridgehead atoms. The van der Waals surface area contributed by atoms with Crippen LogP contribution in [0.25, 0.3) is 10.9 Å². The van der Waals surface area contributed by atoms with E-state index in [0.29, 0.717) is 34.7 Å². The summed E-state index contributed by atoms with van der Waals surface area (Å²) >= 11 is 1.64. The van der Waals surface area contributed by atoms with Crippen LogP contribution in [0.1, 0.15) is 45.2 Å². The third-order valence-electron chi connectivity index (χ3n) is 6.16. The van der Waals surface area contributed by atoms with Crippen LogP contribution in [0.2, 0.25) is 0 Å². The van der Waals surface area contributed by atoms with Crippen molar-refractivity contribution < 1.29 is 9.53 Å². The lowest BCUT2D eigenvalue weighted by Gasteiger charge is -2.28. The van der Waals surface area contributed by atoms with E-state index < -0.39 is 6.04 Å². The highest BCUT2D eigenvalue weighted by molar-refractivity contribution is 7.99. The van der Waals surface area contributed by atoms with Crippen molar-refractivity contribution in [3.63, 3.8) is 0 Å². The number of carbonyl (C=O) groups excluding carboxylic acids is 1. The molecule has 2 aromatic heterocycles. The zero-order valence-corrected chi connectivity index (χ0v) is 21.5. The molecule has 36 heavy (non-hydrogen) atoms. The molecule has 5 rings (SSSR count). The van der Waals surface area contributed by atoms with Gasteiger partial charge in [0, 0.05) is 34.1 Å². The quantitative estimate of drug-likeness (QED) is 0.192. The molecule has 3 N–H and O–H groups in total. The first kappa shape index (κ1) is 24.0. The van der Waals surface area contributed by atoms with Gasteiger partial charge in [-0.05, 0) is 38.5 Å². The van der Waals surface area contributed by atoms with Crippen LogP contribution in [-0.2, 0) is 4.79 Å². The number of thioether (sulfide) groups is 1. The predicted octanol–water partition coefficient (Wildman–Crippen LogP) is 5.98. The lowest BCUT2D eigenvalue weighted by molar-refractivity contribution is -0.113. The van der Waals surface area contributed by atoms with Gasteiger partial charge in [-0.3, -0.25) is 4.79 Å². The molecule has 0 fully saturated rings. The van der Waals surface area contributed by atoms with Crippen LogP contribution in [-0.4, -0.2) is 38.0 Å². The minimum Gasteiger partial charge on any atom is -0.492 e. The van der Waals surface area contributed by atoms with Gasteiger partial charge in [0.2, 0.25) is 11.1 Å². The van der Waals surface area contributed by atoms with Gasteiger partial charge < -0.3 is 20.4 Å². The summed E-state index contributed by atoms with van der Waals surface area (Å²) in [5, 5.41) is 13.0. The number of amides is 1. The van der Waals surface area contributed by atoms with Gasteiger partial charge in [0.25, 0.3) is 5.91 Å². The smallest absolute Gasteiger partial charge is 0.255 e. The van der Waals surface area contributed by atoms with E-state index in [1.54, 1.807) is 11.8 Å². The number of para-hydroxylation sites is 3. The Balaban J connectivity index is 1.57. The molecule has 3 heterocycles. The predicted molar refractivity (Wildman–Crippen MR) is 145 cm³/mol. The Morgan fingerprint density at radius 1 is 1.17 bits per heavy atom. The zero-order valence-electron chi connectivity index (χ0n) is 20.7. The number of hydrogen-bond acceptors (Lipinski definition) is 6. The summed E-state index contributed by atoms with van der Waals surface area (Å²) in [5.74, 6) is 2.00. The van der Waals surface area contributed by atoms with Gasteiger partial charge in [0.1, 0.15) is 11.8 Å². The first-order valence-electron chi connectivity index (χ1n) is 12.3. The van der Waals surface area contributed by atoms with E-state index in [-0.39, 0.29) is 5.91 Å². The molecule has 0 saturated carbocycles. The first-order chi connectivity index (χ1) is 17.6. The van der Waals surface area contributed by atoms with Crippen LogP contribution in [0.5, 0.6) is 5.75 Å². The van der Waals surface area contributed by atoms with Crippen LogP contribution in [0.15, 0.2) is 71.2 Å². The molecule has 2 aromatic carbocycles. The van der Waals surface area contributed by atoms with Gasteiger partial charge in [-0.25, -0.2) is 4.68 Å². The molecule has 1 aliphatic rings. The molecule has 8 nitrogen and oxygen atoms in total. The Bertz CT molecular complexity index is 1420. The number of benzene rings is 2. The Morgan fingerprint density at radius 2 is 1.97 bits per heavy atom. The number of allylic oxidation sites excluding steroid dienone is 1. The average molecular weight is 503 g/mol. The largest absolute Gasteiger partial charge is 0.492 e. The molecule has 186 valence electrons. The number of nitrogens with one attached hydrogen (secondary N) is 3. The summed E-state index contributed by atoms with van der Waals surface area (Å²) in [6.07, 6.45) is 4.17. The second-order valence-corrected chi connectivity index (χ2v) is 9.67. The summed E-state index contributed by atoms with van der Waals surface area (Å²) in [6.45, 7) is 6.51. The number of rotatable bonds is 9. The minimum absolute atomic E-state index is 0.219. The molecular weight excluding hydrogens is 472 g/mol. The van der Waals surface area contributed by atoms with E-state index in [1.165, 1.54) is 0 Å². The zero-order chi connectivity index (χ0) is 25.1. The number of aromatic amines is 1. The van der Waals surface area contributed by atoms with Crippen LogP contribution < -0.4 is 15.4 Å². The van der Waals surface area contributed by atoms with Crippen LogP contribution in [0.3, 0.4) is 0 Å². The van der Waals surface area contributed by atoms with Crippen LogP contribution in [0, 0.1) is 0 Å². The molecule has 9 heteroatoms. The Kier molecular flexibility index (Phi) is 6.99. The highest BCUT2D eigenvalue weighted by Gasteiger charge is 2.36. The second-order valence-electron chi connectivity index (χ2n) is 8.60. The first-order valence-corrected chi connectivity index (χ1v) is 13.3. The van der Waals surface area contributed by atoms with Crippen molar-refractivity contribution in [1.29, 1.82) is 0 Å². The van der Waals surface area contributed by atoms with Crippen molar-refractivity contribution in [3.8, 4) is 5.75 Å². The van der Waals surface area contributed by atoms with Crippen molar-refractivity contribution in [2.75, 3.05) is 23.0 Å². The summed E-state index contributed by atoms with van der Waals surface area (Å²) in [7, 11) is 0. The number of aromatic nitrogens is 4. The van der Waals surface area contributed by atoms with E-state index in [2.05, 4.69) is 28.6 Å². The normalized spacial score (nSPS) is 15.0. The lowest BCUT2D eigenvalue weighted by atomic mass is 9.94. The molecule has 1 unspecified atom stereocenters. The third-order valence-corrected chi connectivity index (χ3v) is 7.08. The third kappa shape index (κ3) is 4.58. The second kappa shape index (κ2) is 10.5. The number of fused-ring (bicyclic) bond motifs is 2. The number of carbonyl (C=O) groups is 1. The monoisotopic (exact) mass is 502 g/mol. The number of nitrogens with zero attached hydrogens (tertiary/aromatic N) is 3. The summed E-state index contributed by atoms with van der Waals surface area (Å²) in [4.78, 5) is 22.0. The molecule has 0 radical (unpaired) electrons. The van der Waals surface area contributed by atoms with Crippen molar-refractivity contribution in [2.24, 2.45) is 0 Å². The highest BCUT2D eigenvalue weighted by Crippen LogP contribution is 2.40. The SMILES string of the molecule is CCCCSc1nc2n(n1)C(c1c[nH]c3ccccc13)C(C(=O)Nc1ccccc1OCC)=C(C)N2. The highest BCUT2D eigenvalue weighted by atomic mass is 32.2. The van der Waals surface area contributed by atoms with Crippen LogP contribution in [0.4, 0.5) is 11.6 Å². The van der Waals surface area contributed by atoms with Gasteiger partial charge >= 0.3 is 0 Å². The summed E-state index contributed by atoms with van der Waals surface area (Å²) in [5.41, 5.74) is 3.91. The molecule has 1 atom stereocenters. The standard InChI is InChI=1S/C27H30N6O2S/c1-4-6-15-36-27-31-26-29-17(3)23(25(34)30-21-13-9-10-14-22(21)35-5-2)24(33(26)32-27)19-16-28-20-12-8-7-11-18(19)20/h7-14,16,24,28H,4-6,15H2,1-3H3,(H,30,34)(H,29,31,32). The number of H-pyrrole nitrogens is 1. The number of ether oxygens (including phenoxy) is 1. The minimum atomic E-state index is -0.454. The van der Waals surface area contributed by atoms with E-state index in [1.807, 2.05) is 67.2 Å². The lowest BCUT2D eigenvalue weighted by Crippen LogP contribution is -2.31. The van der Waals surface area contributed by atoms with Gasteiger partial charge in [-0.15, -0.1) is 5.10 Å².